The van der Waals surface area contributed by atoms with Gasteiger partial charge in [-0.1, -0.05) is 19.3 Å². The van der Waals surface area contributed by atoms with Gasteiger partial charge in [0, 0.05) is 12.2 Å². The summed E-state index contributed by atoms with van der Waals surface area (Å²) in [5.74, 6) is -0.457. The number of aliphatic hydroxyl groups is 1. The first-order chi connectivity index (χ1) is 16.3. The lowest BCUT2D eigenvalue weighted by Gasteiger charge is -2.26. The van der Waals surface area contributed by atoms with Crippen LogP contribution in [0.5, 0.6) is 0 Å². The van der Waals surface area contributed by atoms with Crippen LogP contribution in [-0.4, -0.2) is 50.0 Å². The maximum Gasteiger partial charge on any atom is 0.255 e. The molecule has 0 spiro atoms. The number of nitrogens with one attached hydrogen (secondary N) is 2. The minimum absolute atomic E-state index is 0.237. The molecule has 3 N–H and O–H groups in total. The average molecular weight is 465 g/mol. The summed E-state index contributed by atoms with van der Waals surface area (Å²) in [5, 5.41) is 29.4. The van der Waals surface area contributed by atoms with Crippen molar-refractivity contribution in [3.05, 3.63) is 47.8 Å². The van der Waals surface area contributed by atoms with Gasteiger partial charge in [0.2, 0.25) is 0 Å². The molecule has 1 atom stereocenters. The molecule has 1 saturated carbocycles. The number of amides is 1. The number of carbonyl (C=O) groups excluding carboxylic acids is 1. The summed E-state index contributed by atoms with van der Waals surface area (Å²) in [6.07, 6.45) is 6.85. The Labute approximate surface area is 197 Å². The fourth-order valence-electron chi connectivity index (χ4n) is 4.14. The summed E-state index contributed by atoms with van der Waals surface area (Å²) in [4.78, 5) is 17.4. The molecule has 1 unspecified atom stereocenters. The van der Waals surface area contributed by atoms with E-state index in [0.717, 1.165) is 36.9 Å². The van der Waals surface area contributed by atoms with Crippen molar-refractivity contribution in [3.63, 3.8) is 0 Å². The van der Waals surface area contributed by atoms with Crippen LogP contribution in [0.2, 0.25) is 0 Å². The van der Waals surface area contributed by atoms with Crippen LogP contribution < -0.4 is 10.6 Å². The molecule has 1 aliphatic carbocycles. The molecule has 3 aromatic rings. The van der Waals surface area contributed by atoms with E-state index in [1.165, 1.54) is 32.7 Å². The number of anilines is 1. The SMILES string of the molecule is CC(C)(O)C(F)CNC(=O)c1cnc(-c2ccc3cc(C#N)cnn23)cc1NC1CCCCC1. The van der Waals surface area contributed by atoms with Gasteiger partial charge in [-0.05, 0) is 51.0 Å². The van der Waals surface area contributed by atoms with Crippen LogP contribution in [-0.2, 0) is 0 Å². The molecule has 178 valence electrons. The summed E-state index contributed by atoms with van der Waals surface area (Å²) in [7, 11) is 0. The van der Waals surface area contributed by atoms with Gasteiger partial charge < -0.3 is 15.7 Å². The molecule has 4 rings (SSSR count). The number of halogens is 1. The molecule has 3 heterocycles. The number of nitrogens with zero attached hydrogens (tertiary/aromatic N) is 4. The molecule has 9 heteroatoms. The minimum atomic E-state index is -1.60. The van der Waals surface area contributed by atoms with E-state index in [0.29, 0.717) is 22.5 Å². The summed E-state index contributed by atoms with van der Waals surface area (Å²) < 4.78 is 15.9. The van der Waals surface area contributed by atoms with Gasteiger partial charge >= 0.3 is 0 Å². The Hall–Kier alpha value is -3.51. The predicted octanol–water partition coefficient (Wildman–Crippen LogP) is 3.85. The highest BCUT2D eigenvalue weighted by Crippen LogP contribution is 2.28. The highest BCUT2D eigenvalue weighted by molar-refractivity contribution is 6.00. The Kier molecular flexibility index (Phi) is 6.80. The Morgan fingerprint density at radius 1 is 1.29 bits per heavy atom. The summed E-state index contributed by atoms with van der Waals surface area (Å²) >= 11 is 0. The van der Waals surface area contributed by atoms with E-state index < -0.39 is 17.7 Å². The Bertz CT molecular complexity index is 1220. The molecule has 0 saturated heterocycles. The van der Waals surface area contributed by atoms with Crippen LogP contribution in [0, 0.1) is 11.3 Å². The van der Waals surface area contributed by atoms with Crippen LogP contribution in [0.15, 0.2) is 36.7 Å². The second kappa shape index (κ2) is 9.77. The van der Waals surface area contributed by atoms with Crippen molar-refractivity contribution in [1.29, 1.82) is 5.26 Å². The van der Waals surface area contributed by atoms with Crippen molar-refractivity contribution in [2.75, 3.05) is 11.9 Å². The minimum Gasteiger partial charge on any atom is -0.387 e. The molecule has 3 aromatic heterocycles. The third-order valence-corrected chi connectivity index (χ3v) is 6.21. The zero-order valence-electron chi connectivity index (χ0n) is 19.4. The molecule has 0 radical (unpaired) electrons. The fourth-order valence-corrected chi connectivity index (χ4v) is 4.14. The number of hydrogen-bond acceptors (Lipinski definition) is 6. The number of hydrogen-bond donors (Lipinski definition) is 3. The summed E-state index contributed by atoms with van der Waals surface area (Å²) in [6, 6.07) is 9.61. The third-order valence-electron chi connectivity index (χ3n) is 6.21. The molecule has 34 heavy (non-hydrogen) atoms. The van der Waals surface area contributed by atoms with E-state index in [4.69, 9.17) is 5.26 Å². The zero-order valence-corrected chi connectivity index (χ0v) is 19.4. The Morgan fingerprint density at radius 2 is 2.06 bits per heavy atom. The molecular weight excluding hydrogens is 435 g/mol. The molecule has 1 aliphatic rings. The molecule has 1 amide bonds. The van der Waals surface area contributed by atoms with Gasteiger partial charge in [-0.2, -0.15) is 10.4 Å². The smallest absolute Gasteiger partial charge is 0.255 e. The van der Waals surface area contributed by atoms with Crippen molar-refractivity contribution < 1.29 is 14.3 Å². The molecule has 0 aromatic carbocycles. The molecule has 0 bridgehead atoms. The quantitative estimate of drug-likeness (QED) is 0.489. The van der Waals surface area contributed by atoms with Crippen LogP contribution in [0.4, 0.5) is 10.1 Å². The monoisotopic (exact) mass is 464 g/mol. The van der Waals surface area contributed by atoms with Crippen molar-refractivity contribution in [3.8, 4) is 17.5 Å². The van der Waals surface area contributed by atoms with Crippen molar-refractivity contribution >= 4 is 17.1 Å². The van der Waals surface area contributed by atoms with Gasteiger partial charge in [-0.15, -0.1) is 0 Å². The van der Waals surface area contributed by atoms with Crippen molar-refractivity contribution in [2.45, 2.75) is 63.8 Å². The second-order valence-corrected chi connectivity index (χ2v) is 9.34. The highest BCUT2D eigenvalue weighted by atomic mass is 19.1. The maximum atomic E-state index is 14.2. The van der Waals surface area contributed by atoms with Gasteiger partial charge in [-0.25, -0.2) is 8.91 Å². The zero-order chi connectivity index (χ0) is 24.3. The van der Waals surface area contributed by atoms with E-state index in [-0.39, 0.29) is 12.6 Å². The lowest BCUT2D eigenvalue weighted by molar-refractivity contribution is -0.00177. The van der Waals surface area contributed by atoms with Crippen LogP contribution >= 0.6 is 0 Å². The van der Waals surface area contributed by atoms with Gasteiger partial charge in [0.25, 0.3) is 5.91 Å². The number of fused-ring (bicyclic) bond motifs is 1. The first-order valence-electron chi connectivity index (χ1n) is 11.6. The largest absolute Gasteiger partial charge is 0.387 e. The Morgan fingerprint density at radius 3 is 2.76 bits per heavy atom. The normalized spacial score (nSPS) is 15.6. The second-order valence-electron chi connectivity index (χ2n) is 9.34. The summed E-state index contributed by atoms with van der Waals surface area (Å²) in [6.45, 7) is 2.43. The lowest BCUT2D eigenvalue weighted by atomic mass is 9.95. The first kappa shape index (κ1) is 23.6. The lowest BCUT2D eigenvalue weighted by Crippen LogP contribution is -2.42. The standard InChI is InChI=1S/C25H29FN6O2/c1-25(2,34)23(26)15-29-24(33)19-14-28-21(11-20(19)31-17-6-4-3-5-7-17)22-9-8-18-10-16(12-27)13-30-32(18)22/h8-11,13-14,17,23,34H,3-7,15H2,1-2H3,(H,28,31)(H,29,33). The van der Waals surface area contributed by atoms with Crippen LogP contribution in [0.1, 0.15) is 61.9 Å². The third kappa shape index (κ3) is 5.18. The van der Waals surface area contributed by atoms with Gasteiger partial charge in [0.15, 0.2) is 0 Å². The molecule has 8 nitrogen and oxygen atoms in total. The van der Waals surface area contributed by atoms with E-state index in [9.17, 15) is 14.3 Å². The van der Waals surface area contributed by atoms with E-state index in [2.05, 4.69) is 26.8 Å². The predicted molar refractivity (Wildman–Crippen MR) is 127 cm³/mol. The number of rotatable bonds is 7. The van der Waals surface area contributed by atoms with E-state index >= 15 is 0 Å². The average Bonchev–Trinajstić information content (AvgIpc) is 3.25. The van der Waals surface area contributed by atoms with Gasteiger partial charge in [-0.3, -0.25) is 9.78 Å². The van der Waals surface area contributed by atoms with Crippen molar-refractivity contribution in [2.24, 2.45) is 0 Å². The van der Waals surface area contributed by atoms with Gasteiger partial charge in [0.1, 0.15) is 12.2 Å². The topological polar surface area (TPSA) is 115 Å². The number of nitriles is 1. The van der Waals surface area contributed by atoms with Crippen LogP contribution in [0.25, 0.3) is 16.9 Å². The van der Waals surface area contributed by atoms with E-state index in [1.807, 2.05) is 18.2 Å². The molecule has 1 fully saturated rings. The van der Waals surface area contributed by atoms with Gasteiger partial charge in [0.05, 0.1) is 52.1 Å². The van der Waals surface area contributed by atoms with Crippen molar-refractivity contribution in [1.82, 2.24) is 19.9 Å². The summed E-state index contributed by atoms with van der Waals surface area (Å²) in [5.41, 5.74) is 1.96. The van der Waals surface area contributed by atoms with Crippen LogP contribution in [0.3, 0.4) is 0 Å². The van der Waals surface area contributed by atoms with E-state index in [1.54, 1.807) is 10.6 Å². The number of aromatic nitrogens is 3. The maximum absolute atomic E-state index is 14.2. The number of pyridine rings is 1. The fraction of sp³-hybridized carbons (Fsp3) is 0.440. The molecular formula is C25H29FN6O2. The Balaban J connectivity index is 1.65. The first-order valence-corrected chi connectivity index (χ1v) is 11.6. The molecule has 0 aliphatic heterocycles. The number of alkyl halides is 1. The highest BCUT2D eigenvalue weighted by Gasteiger charge is 2.27. The number of carbonyl (C=O) groups is 1.